The molecule has 0 aromatic heterocycles. The molecule has 2 N–H and O–H groups in total. The predicted molar refractivity (Wildman–Crippen MR) is 87.9 cm³/mol. The molecule has 24 heavy (non-hydrogen) atoms. The van der Waals surface area contributed by atoms with Crippen molar-refractivity contribution in [2.45, 2.75) is 44.8 Å². The van der Waals surface area contributed by atoms with Gasteiger partial charge >= 0.3 is 12.0 Å². The lowest BCUT2D eigenvalue weighted by Crippen LogP contribution is -2.47. The number of carbonyl (C=O) groups excluding carboxylic acids is 3. The van der Waals surface area contributed by atoms with E-state index in [1.165, 1.54) is 13.0 Å². The fraction of sp³-hybridized carbons (Fsp3) is 0.438. The third kappa shape index (κ3) is 5.02. The van der Waals surface area contributed by atoms with Gasteiger partial charge in [0.1, 0.15) is 5.82 Å². The second kappa shape index (κ2) is 8.23. The van der Waals surface area contributed by atoms with E-state index < -0.39 is 29.8 Å². The van der Waals surface area contributed by atoms with Crippen LogP contribution in [0.2, 0.25) is 0 Å². The Hall–Kier alpha value is -1.96. The molecule has 1 atom stereocenters. The Labute approximate surface area is 147 Å². The summed E-state index contributed by atoms with van der Waals surface area (Å²) in [6.45, 7) is 1.35. The predicted octanol–water partition coefficient (Wildman–Crippen LogP) is 2.90. The van der Waals surface area contributed by atoms with Crippen molar-refractivity contribution in [2.75, 3.05) is 0 Å². The molecular weight excluding hydrogens is 383 g/mol. The summed E-state index contributed by atoms with van der Waals surface area (Å²) in [6.07, 6.45) is 2.73. The molecule has 0 saturated heterocycles. The summed E-state index contributed by atoms with van der Waals surface area (Å²) in [5, 5.41) is 4.85. The van der Waals surface area contributed by atoms with Gasteiger partial charge in [-0.2, -0.15) is 0 Å². The van der Waals surface area contributed by atoms with Gasteiger partial charge in [0.05, 0.1) is 5.56 Å². The Kier molecular flexibility index (Phi) is 6.30. The van der Waals surface area contributed by atoms with Crippen molar-refractivity contribution in [1.82, 2.24) is 10.6 Å². The molecule has 1 aromatic rings. The summed E-state index contributed by atoms with van der Waals surface area (Å²) in [5.74, 6) is -2.02. The Bertz CT molecular complexity index is 647. The first kappa shape index (κ1) is 18.4. The van der Waals surface area contributed by atoms with Gasteiger partial charge in [0, 0.05) is 10.5 Å². The van der Waals surface area contributed by atoms with Crippen molar-refractivity contribution in [3.63, 3.8) is 0 Å². The van der Waals surface area contributed by atoms with E-state index in [-0.39, 0.29) is 16.1 Å². The van der Waals surface area contributed by atoms with Gasteiger partial charge in [-0.25, -0.2) is 14.0 Å². The molecule has 0 aliphatic heterocycles. The number of carbonyl (C=O) groups is 3. The maximum atomic E-state index is 13.0. The van der Waals surface area contributed by atoms with Crippen LogP contribution in [0.5, 0.6) is 0 Å². The zero-order chi connectivity index (χ0) is 17.7. The molecule has 1 saturated carbocycles. The number of hydrogen-bond donors (Lipinski definition) is 2. The van der Waals surface area contributed by atoms with Crippen molar-refractivity contribution in [3.05, 3.63) is 34.1 Å². The molecule has 0 spiro atoms. The van der Waals surface area contributed by atoms with E-state index >= 15 is 0 Å². The third-order valence-corrected chi connectivity index (χ3v) is 4.39. The molecule has 1 fully saturated rings. The van der Waals surface area contributed by atoms with E-state index in [0.29, 0.717) is 0 Å². The maximum Gasteiger partial charge on any atom is 0.340 e. The molecule has 130 valence electrons. The van der Waals surface area contributed by atoms with Gasteiger partial charge in [0.25, 0.3) is 5.91 Å². The highest BCUT2D eigenvalue weighted by molar-refractivity contribution is 9.10. The highest BCUT2D eigenvalue weighted by atomic mass is 79.9. The molecule has 1 aliphatic rings. The average Bonchev–Trinajstić information content (AvgIpc) is 2.99. The number of ether oxygens (including phenoxy) is 1. The van der Waals surface area contributed by atoms with Crippen LogP contribution >= 0.6 is 15.9 Å². The highest BCUT2D eigenvalue weighted by Gasteiger charge is 2.24. The van der Waals surface area contributed by atoms with Crippen molar-refractivity contribution >= 4 is 33.8 Å². The molecule has 3 amide bonds. The number of halogens is 2. The normalized spacial score (nSPS) is 15.6. The van der Waals surface area contributed by atoms with Gasteiger partial charge in [0.15, 0.2) is 6.10 Å². The van der Waals surface area contributed by atoms with E-state index in [1.807, 2.05) is 0 Å². The zero-order valence-electron chi connectivity index (χ0n) is 13.1. The lowest BCUT2D eigenvalue weighted by Gasteiger charge is -2.16. The van der Waals surface area contributed by atoms with Crippen LogP contribution in [0.25, 0.3) is 0 Å². The maximum absolute atomic E-state index is 13.0. The van der Waals surface area contributed by atoms with Crippen LogP contribution in [0.4, 0.5) is 9.18 Å². The number of benzene rings is 1. The summed E-state index contributed by atoms with van der Waals surface area (Å²) in [7, 11) is 0. The van der Waals surface area contributed by atoms with Crippen molar-refractivity contribution < 1.29 is 23.5 Å². The largest absolute Gasteiger partial charge is 0.449 e. The molecule has 0 heterocycles. The summed E-state index contributed by atoms with van der Waals surface area (Å²) >= 11 is 3.06. The molecule has 0 unspecified atom stereocenters. The topological polar surface area (TPSA) is 84.5 Å². The lowest BCUT2D eigenvalue weighted by atomic mass is 10.2. The van der Waals surface area contributed by atoms with E-state index in [1.54, 1.807) is 0 Å². The molecule has 6 nitrogen and oxygen atoms in total. The minimum absolute atomic E-state index is 0.0748. The first-order valence-electron chi connectivity index (χ1n) is 7.64. The summed E-state index contributed by atoms with van der Waals surface area (Å²) < 4.78 is 18.2. The van der Waals surface area contributed by atoms with Gasteiger partial charge in [-0.05, 0) is 53.9 Å². The smallest absolute Gasteiger partial charge is 0.340 e. The number of esters is 1. The number of nitrogens with one attached hydrogen (secondary N) is 2. The van der Waals surface area contributed by atoms with Crippen LogP contribution in [0, 0.1) is 5.82 Å². The zero-order valence-corrected chi connectivity index (χ0v) is 14.7. The van der Waals surface area contributed by atoms with Crippen molar-refractivity contribution in [2.24, 2.45) is 0 Å². The van der Waals surface area contributed by atoms with Gasteiger partial charge < -0.3 is 10.1 Å². The molecule has 8 heteroatoms. The number of amides is 3. The first-order chi connectivity index (χ1) is 11.4. The van der Waals surface area contributed by atoms with Crippen molar-refractivity contribution in [3.8, 4) is 0 Å². The van der Waals surface area contributed by atoms with Crippen LogP contribution in [0.15, 0.2) is 22.7 Å². The minimum Gasteiger partial charge on any atom is -0.449 e. The molecule has 0 radical (unpaired) electrons. The van der Waals surface area contributed by atoms with Gasteiger partial charge in [0.2, 0.25) is 0 Å². The van der Waals surface area contributed by atoms with Gasteiger partial charge in [-0.3, -0.25) is 10.1 Å². The minimum atomic E-state index is -1.16. The molecular formula is C16H18BrFN2O4. The summed E-state index contributed by atoms with van der Waals surface area (Å²) in [5.41, 5.74) is 0.0893. The summed E-state index contributed by atoms with van der Waals surface area (Å²) in [4.78, 5) is 35.6. The van der Waals surface area contributed by atoms with E-state index in [9.17, 15) is 18.8 Å². The van der Waals surface area contributed by atoms with Crippen LogP contribution in [0.1, 0.15) is 43.0 Å². The molecule has 1 aromatic carbocycles. The van der Waals surface area contributed by atoms with Gasteiger partial charge in [-0.15, -0.1) is 0 Å². The highest BCUT2D eigenvalue weighted by Crippen LogP contribution is 2.19. The number of hydrogen-bond acceptors (Lipinski definition) is 4. The van der Waals surface area contributed by atoms with Crippen LogP contribution in [-0.4, -0.2) is 30.1 Å². The Balaban J connectivity index is 1.86. The Morgan fingerprint density at radius 3 is 2.58 bits per heavy atom. The number of urea groups is 1. The average molecular weight is 401 g/mol. The molecule has 0 bridgehead atoms. The first-order valence-corrected chi connectivity index (χ1v) is 8.43. The fourth-order valence-corrected chi connectivity index (χ4v) is 2.95. The Morgan fingerprint density at radius 2 is 1.96 bits per heavy atom. The SMILES string of the molecule is C[C@H](OC(=O)c1ccc(F)cc1Br)C(=O)NC(=O)NC1CCCC1. The van der Waals surface area contributed by atoms with Gasteiger partial charge in [-0.1, -0.05) is 12.8 Å². The molecule has 2 rings (SSSR count). The van der Waals surface area contributed by atoms with Crippen LogP contribution in [0.3, 0.4) is 0 Å². The second-order valence-corrected chi connectivity index (χ2v) is 6.47. The third-order valence-electron chi connectivity index (χ3n) is 3.73. The second-order valence-electron chi connectivity index (χ2n) is 5.62. The van der Waals surface area contributed by atoms with E-state index in [4.69, 9.17) is 4.74 Å². The monoisotopic (exact) mass is 400 g/mol. The number of imide groups is 1. The summed E-state index contributed by atoms with van der Waals surface area (Å²) in [6, 6.07) is 2.96. The van der Waals surface area contributed by atoms with E-state index in [2.05, 4.69) is 26.6 Å². The standard InChI is InChI=1S/C16H18BrFN2O4/c1-9(14(21)20-16(23)19-11-4-2-3-5-11)24-15(22)12-7-6-10(18)8-13(12)17/h6-9,11H,2-5H2,1H3,(H2,19,20,21,23)/t9-/m0/s1. The van der Waals surface area contributed by atoms with E-state index in [0.717, 1.165) is 37.8 Å². The fourth-order valence-electron chi connectivity index (χ4n) is 2.44. The lowest BCUT2D eigenvalue weighted by molar-refractivity contribution is -0.127. The van der Waals surface area contributed by atoms with Crippen molar-refractivity contribution in [1.29, 1.82) is 0 Å². The number of rotatable bonds is 4. The van der Waals surface area contributed by atoms with Crippen LogP contribution < -0.4 is 10.6 Å². The Morgan fingerprint density at radius 1 is 1.29 bits per heavy atom. The quantitative estimate of drug-likeness (QED) is 0.760. The van der Waals surface area contributed by atoms with Crippen LogP contribution in [-0.2, 0) is 9.53 Å². The molecule has 1 aliphatic carbocycles.